The van der Waals surface area contributed by atoms with Crippen molar-refractivity contribution in [1.82, 2.24) is 5.32 Å². The molecule has 0 heterocycles. The number of para-hydroxylation sites is 2. The highest BCUT2D eigenvalue weighted by molar-refractivity contribution is 5.76. The molecular formula is C14H20N2O4. The molecule has 1 aromatic carbocycles. The number of rotatable bonds is 8. The van der Waals surface area contributed by atoms with E-state index in [0.717, 1.165) is 0 Å². The molecule has 6 heteroatoms. The van der Waals surface area contributed by atoms with E-state index in [4.69, 9.17) is 15.2 Å². The Balaban J connectivity index is 2.14. The van der Waals surface area contributed by atoms with Gasteiger partial charge in [-0.2, -0.15) is 0 Å². The molecule has 0 aliphatic rings. The minimum absolute atomic E-state index is 0.0815. The van der Waals surface area contributed by atoms with E-state index in [1.165, 1.54) is 0 Å². The molecule has 6 nitrogen and oxygen atoms in total. The number of benzene rings is 1. The Hall–Kier alpha value is -2.24. The Morgan fingerprint density at radius 1 is 1.20 bits per heavy atom. The van der Waals surface area contributed by atoms with Crippen molar-refractivity contribution in [2.45, 2.75) is 19.8 Å². The molecule has 0 radical (unpaired) electrons. The summed E-state index contributed by atoms with van der Waals surface area (Å²) in [5.74, 6) is 0.0139. The monoisotopic (exact) mass is 280 g/mol. The molecule has 0 bridgehead atoms. The fourth-order valence-corrected chi connectivity index (χ4v) is 1.47. The van der Waals surface area contributed by atoms with Crippen LogP contribution in [-0.2, 0) is 14.3 Å². The lowest BCUT2D eigenvalue weighted by atomic mass is 10.3. The summed E-state index contributed by atoms with van der Waals surface area (Å²) in [6, 6.07) is 7.06. The van der Waals surface area contributed by atoms with Gasteiger partial charge in [0.25, 0.3) is 0 Å². The Morgan fingerprint density at radius 3 is 2.65 bits per heavy atom. The molecule has 20 heavy (non-hydrogen) atoms. The number of hydrogen-bond acceptors (Lipinski definition) is 5. The third-order valence-electron chi connectivity index (χ3n) is 2.45. The summed E-state index contributed by atoms with van der Waals surface area (Å²) < 4.78 is 10.3. The van der Waals surface area contributed by atoms with E-state index in [-0.39, 0.29) is 32.0 Å². The third kappa shape index (κ3) is 6.08. The van der Waals surface area contributed by atoms with Gasteiger partial charge < -0.3 is 20.5 Å². The average Bonchev–Trinajstić information content (AvgIpc) is 2.41. The van der Waals surface area contributed by atoms with Gasteiger partial charge in [-0.25, -0.2) is 0 Å². The van der Waals surface area contributed by atoms with Gasteiger partial charge in [-0.3, -0.25) is 9.59 Å². The van der Waals surface area contributed by atoms with Crippen molar-refractivity contribution in [3.63, 3.8) is 0 Å². The van der Waals surface area contributed by atoms with Crippen molar-refractivity contribution in [2.24, 2.45) is 0 Å². The number of ether oxygens (including phenoxy) is 2. The fourth-order valence-electron chi connectivity index (χ4n) is 1.47. The van der Waals surface area contributed by atoms with Crippen LogP contribution in [0.25, 0.3) is 0 Å². The predicted octanol–water partition coefficient (Wildman–Crippen LogP) is 1.11. The quantitative estimate of drug-likeness (QED) is 0.550. The molecule has 0 aromatic heterocycles. The first-order valence-electron chi connectivity index (χ1n) is 6.53. The van der Waals surface area contributed by atoms with Crippen molar-refractivity contribution in [3.05, 3.63) is 24.3 Å². The van der Waals surface area contributed by atoms with E-state index >= 15 is 0 Å². The molecule has 0 aliphatic heterocycles. The zero-order valence-electron chi connectivity index (χ0n) is 11.6. The van der Waals surface area contributed by atoms with E-state index in [1.807, 2.05) is 6.92 Å². The van der Waals surface area contributed by atoms with Crippen LogP contribution in [0.3, 0.4) is 0 Å². The van der Waals surface area contributed by atoms with E-state index in [9.17, 15) is 9.59 Å². The molecule has 0 saturated heterocycles. The summed E-state index contributed by atoms with van der Waals surface area (Å²) in [5.41, 5.74) is 6.22. The Bertz CT molecular complexity index is 449. The number of amides is 1. The molecule has 0 spiro atoms. The normalized spacial score (nSPS) is 9.85. The topological polar surface area (TPSA) is 90.6 Å². The zero-order chi connectivity index (χ0) is 14.8. The van der Waals surface area contributed by atoms with E-state index in [2.05, 4.69) is 5.32 Å². The Kier molecular flexibility index (Phi) is 6.95. The maximum absolute atomic E-state index is 11.4. The van der Waals surface area contributed by atoms with Gasteiger partial charge in [0.2, 0.25) is 5.91 Å². The summed E-state index contributed by atoms with van der Waals surface area (Å²) in [4.78, 5) is 22.5. The molecule has 1 amide bonds. The maximum Gasteiger partial charge on any atom is 0.309 e. The number of carbonyl (C=O) groups excluding carboxylic acids is 2. The van der Waals surface area contributed by atoms with Crippen LogP contribution in [0.5, 0.6) is 5.75 Å². The Labute approximate surface area is 118 Å². The highest BCUT2D eigenvalue weighted by Gasteiger charge is 2.06. The number of nitrogens with two attached hydrogens (primary N) is 1. The number of nitrogen functional groups attached to an aromatic ring is 1. The number of esters is 1. The molecule has 3 N–H and O–H groups in total. The summed E-state index contributed by atoms with van der Waals surface area (Å²) in [5, 5.41) is 2.62. The summed E-state index contributed by atoms with van der Waals surface area (Å²) >= 11 is 0. The van der Waals surface area contributed by atoms with Gasteiger partial charge in [0, 0.05) is 6.54 Å². The van der Waals surface area contributed by atoms with Crippen LogP contribution < -0.4 is 15.8 Å². The lowest BCUT2D eigenvalue weighted by molar-refractivity contribution is -0.144. The highest BCUT2D eigenvalue weighted by atomic mass is 16.5. The number of nitrogens with one attached hydrogen (secondary N) is 1. The summed E-state index contributed by atoms with van der Waals surface area (Å²) in [6.07, 6.45) is 0.288. The third-order valence-corrected chi connectivity index (χ3v) is 2.45. The fraction of sp³-hybridized carbons (Fsp3) is 0.429. The highest BCUT2D eigenvalue weighted by Crippen LogP contribution is 2.19. The van der Waals surface area contributed by atoms with Crippen LogP contribution >= 0.6 is 0 Å². The van der Waals surface area contributed by atoms with E-state index < -0.39 is 5.97 Å². The van der Waals surface area contributed by atoms with Crippen LogP contribution in [0.4, 0.5) is 5.69 Å². The van der Waals surface area contributed by atoms with Crippen LogP contribution in [-0.4, -0.2) is 31.6 Å². The van der Waals surface area contributed by atoms with Crippen molar-refractivity contribution >= 4 is 17.6 Å². The molecule has 1 aromatic rings. The van der Waals surface area contributed by atoms with Gasteiger partial charge in [-0.05, 0) is 19.1 Å². The van der Waals surface area contributed by atoms with Crippen molar-refractivity contribution in [3.8, 4) is 5.75 Å². The van der Waals surface area contributed by atoms with Gasteiger partial charge in [-0.15, -0.1) is 0 Å². The van der Waals surface area contributed by atoms with Crippen molar-refractivity contribution in [1.29, 1.82) is 0 Å². The Morgan fingerprint density at radius 2 is 1.95 bits per heavy atom. The second-order valence-corrected chi connectivity index (χ2v) is 4.06. The SMILES string of the molecule is CCNC(=O)CCOC(=O)CCOc1ccccc1N. The maximum atomic E-state index is 11.4. The van der Waals surface area contributed by atoms with Gasteiger partial charge in [0.1, 0.15) is 12.4 Å². The molecule has 1 rings (SSSR count). The van der Waals surface area contributed by atoms with Gasteiger partial charge in [0.05, 0.1) is 25.1 Å². The van der Waals surface area contributed by atoms with Crippen molar-refractivity contribution < 1.29 is 19.1 Å². The van der Waals surface area contributed by atoms with Crippen LogP contribution in [0.2, 0.25) is 0 Å². The van der Waals surface area contributed by atoms with Crippen LogP contribution in [0, 0.1) is 0 Å². The average molecular weight is 280 g/mol. The number of anilines is 1. The van der Waals surface area contributed by atoms with Gasteiger partial charge >= 0.3 is 5.97 Å². The lowest BCUT2D eigenvalue weighted by Crippen LogP contribution is -2.24. The van der Waals surface area contributed by atoms with Gasteiger partial charge in [-0.1, -0.05) is 12.1 Å². The summed E-state index contributed by atoms with van der Waals surface area (Å²) in [6.45, 7) is 2.67. The predicted molar refractivity (Wildman–Crippen MR) is 75.2 cm³/mol. The molecule has 0 atom stereocenters. The summed E-state index contributed by atoms with van der Waals surface area (Å²) in [7, 11) is 0. The van der Waals surface area contributed by atoms with E-state index in [0.29, 0.717) is 18.0 Å². The number of hydrogen-bond donors (Lipinski definition) is 2. The molecule has 0 aliphatic carbocycles. The second-order valence-electron chi connectivity index (χ2n) is 4.06. The van der Waals surface area contributed by atoms with Crippen molar-refractivity contribution in [2.75, 3.05) is 25.5 Å². The van der Waals surface area contributed by atoms with E-state index in [1.54, 1.807) is 24.3 Å². The standard InChI is InChI=1S/C14H20N2O4/c1-2-16-13(17)7-9-20-14(18)8-10-19-12-6-4-3-5-11(12)15/h3-6H,2,7-10,15H2,1H3,(H,16,17). The van der Waals surface area contributed by atoms with Gasteiger partial charge in [0.15, 0.2) is 0 Å². The molecule has 0 saturated carbocycles. The minimum atomic E-state index is -0.399. The smallest absolute Gasteiger partial charge is 0.309 e. The first-order valence-corrected chi connectivity index (χ1v) is 6.53. The first-order chi connectivity index (χ1) is 9.63. The number of carbonyl (C=O) groups is 2. The minimum Gasteiger partial charge on any atom is -0.491 e. The largest absolute Gasteiger partial charge is 0.491 e. The molecule has 110 valence electrons. The lowest BCUT2D eigenvalue weighted by Gasteiger charge is -2.08. The van der Waals surface area contributed by atoms with Crippen LogP contribution in [0.15, 0.2) is 24.3 Å². The van der Waals surface area contributed by atoms with Crippen LogP contribution in [0.1, 0.15) is 19.8 Å². The zero-order valence-corrected chi connectivity index (χ0v) is 11.6. The molecule has 0 fully saturated rings. The molecule has 0 unspecified atom stereocenters. The first kappa shape index (κ1) is 15.8. The second kappa shape index (κ2) is 8.79. The molecular weight excluding hydrogens is 260 g/mol.